The Morgan fingerprint density at radius 2 is 2.00 bits per heavy atom. The molecular formula is C15H22N2O. The molecule has 3 heteroatoms. The molecule has 0 spiro atoms. The summed E-state index contributed by atoms with van der Waals surface area (Å²) in [4.78, 5) is 0. The molecule has 1 aromatic rings. The van der Waals surface area contributed by atoms with E-state index in [1.165, 1.54) is 5.56 Å². The summed E-state index contributed by atoms with van der Waals surface area (Å²) < 4.78 is 5.53. The number of hydrogen-bond donors (Lipinski definition) is 1. The van der Waals surface area contributed by atoms with Gasteiger partial charge in [0.15, 0.2) is 0 Å². The van der Waals surface area contributed by atoms with Crippen LogP contribution in [-0.2, 0) is 6.54 Å². The maximum absolute atomic E-state index is 8.41. The van der Waals surface area contributed by atoms with Crippen LogP contribution in [0.1, 0.15) is 32.3 Å². The van der Waals surface area contributed by atoms with Crippen LogP contribution in [-0.4, -0.2) is 13.2 Å². The largest absolute Gasteiger partial charge is 0.494 e. The number of benzene rings is 1. The molecule has 0 bridgehead atoms. The van der Waals surface area contributed by atoms with Gasteiger partial charge in [0.25, 0.3) is 0 Å². The highest BCUT2D eigenvalue weighted by Crippen LogP contribution is 2.12. The highest BCUT2D eigenvalue weighted by molar-refractivity contribution is 5.27. The summed E-state index contributed by atoms with van der Waals surface area (Å²) in [5, 5.41) is 11.8. The predicted octanol–water partition coefficient (Wildman–Crippen LogP) is 3.11. The van der Waals surface area contributed by atoms with Crippen molar-refractivity contribution in [3.05, 3.63) is 29.8 Å². The van der Waals surface area contributed by atoms with E-state index in [9.17, 15) is 0 Å². The summed E-state index contributed by atoms with van der Waals surface area (Å²) in [6.45, 7) is 6.94. The minimum Gasteiger partial charge on any atom is -0.494 e. The van der Waals surface area contributed by atoms with Gasteiger partial charge in [-0.2, -0.15) is 5.26 Å². The van der Waals surface area contributed by atoms with Crippen LogP contribution in [0.15, 0.2) is 24.3 Å². The molecule has 0 radical (unpaired) electrons. The summed E-state index contributed by atoms with van der Waals surface area (Å²) in [6, 6.07) is 10.2. The maximum Gasteiger partial charge on any atom is 0.119 e. The number of nitrogens with one attached hydrogen (secondary N) is 1. The average molecular weight is 246 g/mol. The Bertz CT molecular complexity index is 365. The lowest BCUT2D eigenvalue weighted by Gasteiger charge is -2.09. The molecule has 0 unspecified atom stereocenters. The number of hydrogen-bond acceptors (Lipinski definition) is 3. The number of nitrogens with zero attached hydrogens (tertiary/aromatic N) is 1. The van der Waals surface area contributed by atoms with E-state index >= 15 is 0 Å². The molecule has 0 fully saturated rings. The Morgan fingerprint density at radius 3 is 2.61 bits per heavy atom. The van der Waals surface area contributed by atoms with Crippen LogP contribution in [0.25, 0.3) is 0 Å². The van der Waals surface area contributed by atoms with Crippen LogP contribution >= 0.6 is 0 Å². The van der Waals surface area contributed by atoms with Crippen molar-refractivity contribution in [1.29, 1.82) is 5.26 Å². The molecule has 0 heterocycles. The van der Waals surface area contributed by atoms with E-state index in [2.05, 4.69) is 37.4 Å². The Labute approximate surface area is 110 Å². The van der Waals surface area contributed by atoms with Crippen LogP contribution in [0.3, 0.4) is 0 Å². The topological polar surface area (TPSA) is 45.0 Å². The second-order valence-electron chi connectivity index (χ2n) is 4.78. The molecule has 0 aliphatic heterocycles. The first-order chi connectivity index (χ1) is 8.72. The van der Waals surface area contributed by atoms with E-state index in [0.717, 1.165) is 25.3 Å². The lowest BCUT2D eigenvalue weighted by molar-refractivity contribution is 0.312. The number of ether oxygens (including phenoxy) is 1. The molecule has 1 rings (SSSR count). The Hall–Kier alpha value is -1.53. The van der Waals surface area contributed by atoms with Crippen LogP contribution in [0.4, 0.5) is 0 Å². The van der Waals surface area contributed by atoms with Gasteiger partial charge in [0.05, 0.1) is 12.7 Å². The third kappa shape index (κ3) is 6.27. The highest BCUT2D eigenvalue weighted by Gasteiger charge is 1.97. The van der Waals surface area contributed by atoms with Gasteiger partial charge in [-0.25, -0.2) is 0 Å². The minimum absolute atomic E-state index is 0.553. The van der Waals surface area contributed by atoms with E-state index in [1.807, 2.05) is 12.1 Å². The molecule has 18 heavy (non-hydrogen) atoms. The van der Waals surface area contributed by atoms with Crippen molar-refractivity contribution in [2.75, 3.05) is 13.2 Å². The maximum atomic E-state index is 8.41. The van der Waals surface area contributed by atoms with Crippen LogP contribution in [0.2, 0.25) is 0 Å². The van der Waals surface area contributed by atoms with Gasteiger partial charge in [0.1, 0.15) is 5.75 Å². The first-order valence-corrected chi connectivity index (χ1v) is 6.51. The fraction of sp³-hybridized carbons (Fsp3) is 0.533. The van der Waals surface area contributed by atoms with Crippen molar-refractivity contribution in [3.63, 3.8) is 0 Å². The molecule has 0 saturated carbocycles. The van der Waals surface area contributed by atoms with E-state index in [0.29, 0.717) is 18.9 Å². The zero-order valence-corrected chi connectivity index (χ0v) is 11.3. The molecule has 0 amide bonds. The average Bonchev–Trinajstić information content (AvgIpc) is 2.36. The lowest BCUT2D eigenvalue weighted by Crippen LogP contribution is -2.18. The molecule has 3 nitrogen and oxygen atoms in total. The van der Waals surface area contributed by atoms with Crippen LogP contribution < -0.4 is 10.1 Å². The molecule has 98 valence electrons. The van der Waals surface area contributed by atoms with Gasteiger partial charge in [0, 0.05) is 13.0 Å². The van der Waals surface area contributed by atoms with Crippen molar-refractivity contribution < 1.29 is 4.74 Å². The fourth-order valence-corrected chi connectivity index (χ4v) is 1.55. The molecule has 0 aliphatic rings. The summed E-state index contributed by atoms with van der Waals surface area (Å²) in [5.41, 5.74) is 1.26. The van der Waals surface area contributed by atoms with Crippen molar-refractivity contribution in [3.8, 4) is 11.8 Å². The monoisotopic (exact) mass is 246 g/mol. The molecule has 0 atom stereocenters. The first kappa shape index (κ1) is 14.5. The smallest absolute Gasteiger partial charge is 0.119 e. The van der Waals surface area contributed by atoms with Gasteiger partial charge in [-0.15, -0.1) is 0 Å². The molecule has 0 saturated heterocycles. The van der Waals surface area contributed by atoms with E-state index in [4.69, 9.17) is 10.00 Å². The van der Waals surface area contributed by atoms with Gasteiger partial charge < -0.3 is 10.1 Å². The van der Waals surface area contributed by atoms with Crippen molar-refractivity contribution >= 4 is 0 Å². The summed E-state index contributed by atoms with van der Waals surface area (Å²) in [5.74, 6) is 1.55. The van der Waals surface area contributed by atoms with E-state index in [-0.39, 0.29) is 0 Å². The number of rotatable bonds is 8. The number of unbranched alkanes of at least 4 members (excludes halogenated alkanes) is 1. The first-order valence-electron chi connectivity index (χ1n) is 6.51. The fourth-order valence-electron chi connectivity index (χ4n) is 1.55. The Morgan fingerprint density at radius 1 is 1.28 bits per heavy atom. The van der Waals surface area contributed by atoms with Gasteiger partial charge >= 0.3 is 0 Å². The third-order valence-electron chi connectivity index (χ3n) is 2.51. The Kier molecular flexibility index (Phi) is 6.90. The SMILES string of the molecule is CC(C)CNCc1ccc(OCCCC#N)cc1. The molecule has 0 aliphatic carbocycles. The molecule has 0 aromatic heterocycles. The quantitative estimate of drug-likeness (QED) is 0.717. The lowest BCUT2D eigenvalue weighted by atomic mass is 10.2. The van der Waals surface area contributed by atoms with Gasteiger partial charge in [-0.3, -0.25) is 0 Å². The number of nitriles is 1. The Balaban J connectivity index is 2.27. The van der Waals surface area contributed by atoms with Crippen molar-refractivity contribution in [2.45, 2.75) is 33.2 Å². The van der Waals surface area contributed by atoms with Gasteiger partial charge in [-0.1, -0.05) is 26.0 Å². The zero-order chi connectivity index (χ0) is 13.2. The molecular weight excluding hydrogens is 224 g/mol. The molecule has 1 N–H and O–H groups in total. The van der Waals surface area contributed by atoms with Crippen LogP contribution in [0, 0.1) is 17.2 Å². The van der Waals surface area contributed by atoms with Gasteiger partial charge in [0.2, 0.25) is 0 Å². The van der Waals surface area contributed by atoms with Crippen molar-refractivity contribution in [1.82, 2.24) is 5.32 Å². The zero-order valence-electron chi connectivity index (χ0n) is 11.3. The molecule has 1 aromatic carbocycles. The van der Waals surface area contributed by atoms with Crippen molar-refractivity contribution in [2.24, 2.45) is 5.92 Å². The van der Waals surface area contributed by atoms with E-state index in [1.54, 1.807) is 0 Å². The minimum atomic E-state index is 0.553. The standard InChI is InChI=1S/C15H22N2O/c1-13(2)11-17-12-14-5-7-15(8-6-14)18-10-4-3-9-16/h5-8,13,17H,3-4,10-12H2,1-2H3. The summed E-state index contributed by atoms with van der Waals surface area (Å²) in [7, 11) is 0. The normalized spacial score (nSPS) is 10.3. The second-order valence-corrected chi connectivity index (χ2v) is 4.78. The van der Waals surface area contributed by atoms with Crippen LogP contribution in [0.5, 0.6) is 5.75 Å². The predicted molar refractivity (Wildman–Crippen MR) is 73.3 cm³/mol. The van der Waals surface area contributed by atoms with E-state index < -0.39 is 0 Å². The highest BCUT2D eigenvalue weighted by atomic mass is 16.5. The summed E-state index contributed by atoms with van der Waals surface area (Å²) in [6.07, 6.45) is 1.34. The summed E-state index contributed by atoms with van der Waals surface area (Å²) >= 11 is 0. The third-order valence-corrected chi connectivity index (χ3v) is 2.51. The second kappa shape index (κ2) is 8.54. The van der Waals surface area contributed by atoms with Gasteiger partial charge in [-0.05, 0) is 36.6 Å².